The van der Waals surface area contributed by atoms with E-state index in [1.165, 1.54) is 3.12 Å². The quantitative estimate of drug-likeness (QED) is 0.472. The van der Waals surface area contributed by atoms with Gasteiger partial charge < -0.3 is 0 Å². The third-order valence-corrected chi connectivity index (χ3v) is 6.30. The van der Waals surface area contributed by atoms with Crippen molar-refractivity contribution in [1.82, 2.24) is 4.90 Å². The van der Waals surface area contributed by atoms with Crippen LogP contribution >= 0.6 is 0 Å². The molecule has 3 rings (SSSR count). The van der Waals surface area contributed by atoms with Crippen LogP contribution in [0.1, 0.15) is 13.3 Å². The molecule has 0 amide bonds. The van der Waals surface area contributed by atoms with Crippen LogP contribution < -0.4 is 18.3 Å². The number of hydrogen-bond acceptors (Lipinski definition) is 4. The summed E-state index contributed by atoms with van der Waals surface area (Å²) in [5.41, 5.74) is 6.66. The van der Waals surface area contributed by atoms with E-state index in [1.54, 1.807) is 0 Å². The van der Waals surface area contributed by atoms with Gasteiger partial charge in [-0.1, -0.05) is 18.2 Å². The van der Waals surface area contributed by atoms with Gasteiger partial charge in [-0.25, -0.2) is 0 Å². The van der Waals surface area contributed by atoms with E-state index in [9.17, 15) is 0 Å². The van der Waals surface area contributed by atoms with E-state index in [2.05, 4.69) is 17.9 Å². The van der Waals surface area contributed by atoms with Crippen molar-refractivity contribution >= 4 is 34.6 Å². The molecule has 124 valence electrons. The van der Waals surface area contributed by atoms with Crippen molar-refractivity contribution in [3.05, 3.63) is 48.5 Å². The summed E-state index contributed by atoms with van der Waals surface area (Å²) in [5, 5.41) is 0. The van der Waals surface area contributed by atoms with Crippen molar-refractivity contribution in [2.45, 2.75) is 18.9 Å². The Morgan fingerprint density at radius 1 is 1.17 bits per heavy atom. The molecular weight excluding hydrogens is 493 g/mol. The molecule has 0 bridgehead atoms. The molecule has 2 N–H and O–H groups in total. The summed E-state index contributed by atoms with van der Waals surface area (Å²) in [5.74, 6) is 1.87. The summed E-state index contributed by atoms with van der Waals surface area (Å²) >= 11 is 0.724. The average molecular weight is 516 g/mol. The van der Waals surface area contributed by atoms with Crippen molar-refractivity contribution in [2.75, 3.05) is 32.0 Å². The van der Waals surface area contributed by atoms with Gasteiger partial charge in [-0.15, -0.1) is 0 Å². The third-order valence-electron chi connectivity index (χ3n) is 4.36. The Balaban J connectivity index is 1.49. The summed E-state index contributed by atoms with van der Waals surface area (Å²) in [6, 6.07) is 16.0. The summed E-state index contributed by atoms with van der Waals surface area (Å²) in [6.07, 6.45) is 1.03. The van der Waals surface area contributed by atoms with Crippen molar-refractivity contribution in [2.24, 2.45) is 0 Å². The number of anilines is 1. The molecule has 1 saturated heterocycles. The van der Waals surface area contributed by atoms with E-state index in [0.717, 1.165) is 69.0 Å². The molecule has 1 fully saturated rings. The number of nitrogen functional groups attached to an aromatic ring is 1. The van der Waals surface area contributed by atoms with Crippen LogP contribution in [-0.4, -0.2) is 62.5 Å². The number of ether oxygens (including phenoxy) is 2. The van der Waals surface area contributed by atoms with Crippen LogP contribution in [0.4, 0.5) is 5.69 Å². The first-order chi connectivity index (χ1) is 11.5. The van der Waals surface area contributed by atoms with E-state index in [-0.39, 0.29) is 5.60 Å². The fourth-order valence-corrected chi connectivity index (χ4v) is 4.02. The number of nitrogens with zero attached hydrogens (tertiary/aromatic N) is 1. The number of nitrogens with two attached hydrogens (primary N) is 1. The molecule has 0 radical (unpaired) electrons. The normalized spacial score (nSPS) is 20.8. The second-order valence-corrected chi connectivity index (χ2v) is 8.95. The zero-order valence-electron chi connectivity index (χ0n) is 14.1. The van der Waals surface area contributed by atoms with E-state index in [1.807, 2.05) is 42.5 Å². The fraction of sp³-hybridized carbons (Fsp3) is 0.368. The number of benzene rings is 2. The van der Waals surface area contributed by atoms with E-state index in [4.69, 9.17) is 15.2 Å². The van der Waals surface area contributed by atoms with E-state index in [0.29, 0.717) is 6.61 Å². The van der Waals surface area contributed by atoms with Gasteiger partial charge in [0.25, 0.3) is 0 Å². The topological polar surface area (TPSA) is 47.7 Å². The van der Waals surface area contributed by atoms with Gasteiger partial charge in [0.1, 0.15) is 0 Å². The minimum absolute atomic E-state index is 0.139. The Morgan fingerprint density at radius 3 is 2.71 bits per heavy atom. The molecule has 0 saturated carbocycles. The molecule has 1 heterocycles. The van der Waals surface area contributed by atoms with Gasteiger partial charge in [0.2, 0.25) is 0 Å². The molecule has 24 heavy (non-hydrogen) atoms. The standard InChI is InChI=1S/C19H23N2O2.Tl/c1-19(23-18-9-7-16(20)8-10-18)11-12-21(15-19)13-14-22-17-5-3-2-4-6-17;/h2-7,9-10H,11-15,20H2,1H3;. The van der Waals surface area contributed by atoms with Gasteiger partial charge in [0.15, 0.2) is 0 Å². The minimum atomic E-state index is -0.139. The van der Waals surface area contributed by atoms with Crippen LogP contribution in [0.15, 0.2) is 48.5 Å². The number of likely N-dealkylation sites (tertiary alicyclic amines) is 1. The molecule has 0 aliphatic carbocycles. The summed E-state index contributed by atoms with van der Waals surface area (Å²) < 4.78 is 13.3. The van der Waals surface area contributed by atoms with Gasteiger partial charge in [-0.2, -0.15) is 0 Å². The Morgan fingerprint density at radius 2 is 1.96 bits per heavy atom. The third kappa shape index (κ3) is 4.63. The second kappa shape index (κ2) is 7.74. The Kier molecular flexibility index (Phi) is 5.65. The Bertz CT molecular complexity index is 680. The number of rotatable bonds is 6. The Hall–Kier alpha value is -1.28. The molecule has 5 heteroatoms. The van der Waals surface area contributed by atoms with Crippen molar-refractivity contribution in [1.29, 1.82) is 0 Å². The Labute approximate surface area is 159 Å². The molecule has 4 nitrogen and oxygen atoms in total. The summed E-state index contributed by atoms with van der Waals surface area (Å²) in [6.45, 7) is 5.78. The van der Waals surface area contributed by atoms with Gasteiger partial charge in [0.05, 0.1) is 0 Å². The first kappa shape index (κ1) is 17.5. The van der Waals surface area contributed by atoms with Crippen LogP contribution in [-0.2, 0) is 0 Å². The molecule has 1 aliphatic rings. The summed E-state index contributed by atoms with van der Waals surface area (Å²) in [4.78, 5) is 2.41. The SMILES string of the molecule is CC1(Oc2ccc(N)[c]([Tl])c2)CCN(CCOc2ccccc2)C1. The monoisotopic (exact) mass is 516 g/mol. The zero-order chi connectivity index (χ0) is 17.0. The molecule has 2 aromatic carbocycles. The van der Waals surface area contributed by atoms with E-state index >= 15 is 0 Å². The van der Waals surface area contributed by atoms with Crippen LogP contribution in [0.2, 0.25) is 0 Å². The first-order valence-electron chi connectivity index (χ1n) is 8.28. The van der Waals surface area contributed by atoms with Gasteiger partial charge in [-0.3, -0.25) is 0 Å². The van der Waals surface area contributed by atoms with E-state index < -0.39 is 0 Å². The predicted molar refractivity (Wildman–Crippen MR) is 98.3 cm³/mol. The molecule has 0 spiro atoms. The van der Waals surface area contributed by atoms with Crippen molar-refractivity contribution < 1.29 is 9.47 Å². The van der Waals surface area contributed by atoms with Crippen LogP contribution in [0, 0.1) is 0 Å². The molecule has 1 unspecified atom stereocenters. The van der Waals surface area contributed by atoms with Crippen LogP contribution in [0.5, 0.6) is 11.5 Å². The maximum absolute atomic E-state index is 6.28. The van der Waals surface area contributed by atoms with Gasteiger partial charge in [0, 0.05) is 0 Å². The zero-order valence-corrected chi connectivity index (χ0v) is 18.6. The van der Waals surface area contributed by atoms with Gasteiger partial charge in [-0.05, 0) is 0 Å². The predicted octanol–water partition coefficient (Wildman–Crippen LogP) is 1.98. The van der Waals surface area contributed by atoms with Crippen molar-refractivity contribution in [3.8, 4) is 11.5 Å². The molecule has 2 aromatic rings. The van der Waals surface area contributed by atoms with Crippen LogP contribution in [0.25, 0.3) is 0 Å². The molecule has 1 aliphatic heterocycles. The van der Waals surface area contributed by atoms with Gasteiger partial charge >= 0.3 is 142 Å². The number of para-hydroxylation sites is 1. The maximum atomic E-state index is 6.28. The number of hydrogen-bond donors (Lipinski definition) is 1. The molecule has 0 aromatic heterocycles. The van der Waals surface area contributed by atoms with Crippen molar-refractivity contribution in [3.63, 3.8) is 0 Å². The summed E-state index contributed by atoms with van der Waals surface area (Å²) in [7, 11) is 0. The van der Waals surface area contributed by atoms with Crippen LogP contribution in [0.3, 0.4) is 0 Å². The molecular formula is C19H23N2O2Tl. The fourth-order valence-electron chi connectivity index (χ4n) is 3.01. The molecule has 1 atom stereocenters. The average Bonchev–Trinajstić information content (AvgIpc) is 2.93. The second-order valence-electron chi connectivity index (χ2n) is 6.53. The first-order valence-corrected chi connectivity index (χ1v) is 10.5.